The average molecular weight is 571 g/mol. The smallest absolute Gasteiger partial charge is 0.346 e. The van der Waals surface area contributed by atoms with Gasteiger partial charge in [-0.05, 0) is 61.7 Å². The number of rotatable bonds is 7. The molecule has 3 aliphatic carbocycles. The maximum absolute atomic E-state index is 13.3. The Kier molecular flexibility index (Phi) is 6.14. The van der Waals surface area contributed by atoms with E-state index < -0.39 is 70.8 Å². The first-order valence-electron chi connectivity index (χ1n) is 10.8. The minimum Gasteiger partial charge on any atom is -0.346 e. The lowest BCUT2D eigenvalue weighted by Gasteiger charge is -2.70. The predicted octanol–water partition coefficient (Wildman–Crippen LogP) is 4.51. The molecule has 3 saturated carbocycles. The van der Waals surface area contributed by atoms with Gasteiger partial charge in [-0.3, -0.25) is 9.52 Å². The van der Waals surface area contributed by atoms with Crippen LogP contribution in [0.2, 0.25) is 0 Å². The molecule has 202 valence electrons. The van der Waals surface area contributed by atoms with Crippen LogP contribution in [-0.4, -0.2) is 40.2 Å². The second kappa shape index (κ2) is 8.35. The highest BCUT2D eigenvalue weighted by atomic mass is 32.2. The fourth-order valence-electron chi connectivity index (χ4n) is 4.73. The molecule has 2 aromatic rings. The summed E-state index contributed by atoms with van der Waals surface area (Å²) >= 11 is 0. The fraction of sp³-hybridized carbons (Fsp3) is 0.409. The highest BCUT2D eigenvalue weighted by molar-refractivity contribution is 7.92. The summed E-state index contributed by atoms with van der Waals surface area (Å²) in [4.78, 5) is 12.2. The number of benzene rings is 2. The van der Waals surface area contributed by atoms with E-state index in [2.05, 4.69) is 5.32 Å². The van der Waals surface area contributed by atoms with Crippen molar-refractivity contribution in [2.45, 2.75) is 53.9 Å². The number of carbonyl (C=O) groups excluding carboxylic acids is 1. The molecule has 0 heterocycles. The lowest BCUT2D eigenvalue weighted by Crippen LogP contribution is -2.78. The zero-order valence-electron chi connectivity index (χ0n) is 19.0. The van der Waals surface area contributed by atoms with E-state index in [1.807, 2.05) is 4.72 Å². The molecule has 2 N–H and O–H groups in total. The lowest BCUT2D eigenvalue weighted by molar-refractivity contribution is -0.336. The minimum absolute atomic E-state index is 0.164. The van der Waals surface area contributed by atoms with Crippen LogP contribution in [0.15, 0.2) is 52.3 Å². The Hall–Kier alpha value is -2.81. The third-order valence-electron chi connectivity index (χ3n) is 6.72. The van der Waals surface area contributed by atoms with Crippen LogP contribution in [0.4, 0.5) is 32.0 Å². The molecule has 0 unspecified atom stereocenters. The van der Waals surface area contributed by atoms with Crippen LogP contribution in [0, 0.1) is 5.41 Å². The maximum atomic E-state index is 13.3. The van der Waals surface area contributed by atoms with E-state index in [0.717, 1.165) is 30.3 Å². The summed E-state index contributed by atoms with van der Waals surface area (Å²) in [5.74, 6) is -1.28. The summed E-state index contributed by atoms with van der Waals surface area (Å²) in [5.41, 5.74) is -5.58. The van der Waals surface area contributed by atoms with Crippen LogP contribution >= 0.6 is 0 Å². The number of hydrogen-bond donors (Lipinski definition) is 2. The van der Waals surface area contributed by atoms with Crippen LogP contribution in [-0.2, 0) is 26.0 Å². The zero-order chi connectivity index (χ0) is 27.7. The van der Waals surface area contributed by atoms with Crippen molar-refractivity contribution in [3.63, 3.8) is 0 Å². The van der Waals surface area contributed by atoms with E-state index in [-0.39, 0.29) is 29.9 Å². The summed E-state index contributed by atoms with van der Waals surface area (Å²) < 4.78 is 131. The van der Waals surface area contributed by atoms with E-state index >= 15 is 0 Å². The SMILES string of the molecule is CCS(=O)(=O)c1ccc(S(=O)(=O)Nc2cc(C(F)(F)F)ccc2C(=O)NC23CC(C(F)(F)F)(C2)C3)cc1. The highest BCUT2D eigenvalue weighted by Crippen LogP contribution is 2.73. The number of amides is 1. The Morgan fingerprint density at radius 1 is 0.892 bits per heavy atom. The number of carbonyl (C=O) groups is 1. The van der Waals surface area contributed by atoms with Gasteiger partial charge < -0.3 is 5.32 Å². The predicted molar refractivity (Wildman–Crippen MR) is 119 cm³/mol. The Bertz CT molecular complexity index is 1450. The van der Waals surface area contributed by atoms with Gasteiger partial charge in [0.15, 0.2) is 9.84 Å². The Morgan fingerprint density at radius 3 is 1.92 bits per heavy atom. The van der Waals surface area contributed by atoms with Gasteiger partial charge >= 0.3 is 12.4 Å². The number of nitrogens with one attached hydrogen (secondary N) is 2. The van der Waals surface area contributed by atoms with E-state index in [0.29, 0.717) is 12.1 Å². The second-order valence-electron chi connectivity index (χ2n) is 9.28. The third-order valence-corrected chi connectivity index (χ3v) is 9.85. The number of sulfone groups is 1. The van der Waals surface area contributed by atoms with Crippen LogP contribution < -0.4 is 10.0 Å². The molecule has 0 aromatic heterocycles. The van der Waals surface area contributed by atoms with E-state index in [4.69, 9.17) is 0 Å². The van der Waals surface area contributed by atoms with Gasteiger partial charge in [-0.25, -0.2) is 16.8 Å². The molecule has 0 spiro atoms. The molecular weight excluding hydrogens is 550 g/mol. The summed E-state index contributed by atoms with van der Waals surface area (Å²) in [6, 6.07) is 5.61. The molecule has 1 amide bonds. The highest BCUT2D eigenvalue weighted by Gasteiger charge is 2.79. The van der Waals surface area contributed by atoms with Crippen LogP contribution in [0.25, 0.3) is 0 Å². The van der Waals surface area contributed by atoms with Gasteiger partial charge in [0, 0.05) is 5.54 Å². The third kappa shape index (κ3) is 4.78. The molecule has 3 aliphatic rings. The minimum atomic E-state index is -4.89. The Labute approximate surface area is 208 Å². The van der Waals surface area contributed by atoms with E-state index in [1.165, 1.54) is 6.92 Å². The largest absolute Gasteiger partial charge is 0.416 e. The molecule has 2 bridgehead atoms. The zero-order valence-corrected chi connectivity index (χ0v) is 20.6. The molecule has 0 aliphatic heterocycles. The normalized spacial score (nSPS) is 23.5. The van der Waals surface area contributed by atoms with Crippen molar-refractivity contribution in [1.29, 1.82) is 0 Å². The molecule has 0 saturated heterocycles. The van der Waals surface area contributed by atoms with Gasteiger partial charge in [0.25, 0.3) is 15.9 Å². The maximum Gasteiger partial charge on any atom is 0.416 e. The van der Waals surface area contributed by atoms with Crippen molar-refractivity contribution in [1.82, 2.24) is 5.32 Å². The first-order chi connectivity index (χ1) is 16.8. The van der Waals surface area contributed by atoms with Gasteiger partial charge in [0.2, 0.25) is 0 Å². The molecule has 0 atom stereocenters. The monoisotopic (exact) mass is 570 g/mol. The fourth-order valence-corrected chi connectivity index (χ4v) is 6.68. The summed E-state index contributed by atoms with van der Waals surface area (Å²) in [6.07, 6.45) is -10.4. The first-order valence-corrected chi connectivity index (χ1v) is 13.9. The van der Waals surface area contributed by atoms with Gasteiger partial charge in [-0.15, -0.1) is 0 Å². The number of sulfonamides is 1. The Balaban J connectivity index is 1.62. The summed E-state index contributed by atoms with van der Waals surface area (Å²) in [6.45, 7) is 1.39. The summed E-state index contributed by atoms with van der Waals surface area (Å²) in [7, 11) is -8.24. The summed E-state index contributed by atoms with van der Waals surface area (Å²) in [5, 5.41) is 2.40. The van der Waals surface area contributed by atoms with Crippen molar-refractivity contribution in [3.05, 3.63) is 53.6 Å². The van der Waals surface area contributed by atoms with Crippen molar-refractivity contribution < 1.29 is 48.0 Å². The van der Waals surface area contributed by atoms with E-state index in [9.17, 15) is 48.0 Å². The van der Waals surface area contributed by atoms with E-state index in [1.54, 1.807) is 0 Å². The van der Waals surface area contributed by atoms with Crippen molar-refractivity contribution in [2.75, 3.05) is 10.5 Å². The number of alkyl halides is 6. The van der Waals surface area contributed by atoms with Crippen LogP contribution in [0.1, 0.15) is 42.1 Å². The van der Waals surface area contributed by atoms with Gasteiger partial charge in [-0.2, -0.15) is 26.3 Å². The van der Waals surface area contributed by atoms with Crippen LogP contribution in [0.5, 0.6) is 0 Å². The standard InChI is InChI=1S/C22H20F6N2O5S2/c1-2-36(32,33)14-4-6-15(7-5-14)37(34,35)30-17-9-13(21(23,24)25)3-8-16(17)18(31)29-20-10-19(11-20,12-20)22(26,27)28/h3-9,30H,2,10-12H2,1H3,(H,29,31). The molecule has 15 heteroatoms. The molecule has 3 fully saturated rings. The topological polar surface area (TPSA) is 109 Å². The molecule has 5 rings (SSSR count). The molecule has 0 radical (unpaired) electrons. The number of halogens is 6. The number of anilines is 1. The first kappa shape index (κ1) is 27.2. The van der Waals surface area contributed by atoms with Crippen molar-refractivity contribution >= 4 is 31.5 Å². The number of hydrogen-bond acceptors (Lipinski definition) is 5. The molecule has 7 nitrogen and oxygen atoms in total. The van der Waals surface area contributed by atoms with Gasteiger partial charge in [0.05, 0.1) is 37.8 Å². The van der Waals surface area contributed by atoms with Crippen molar-refractivity contribution in [3.8, 4) is 0 Å². The lowest BCUT2D eigenvalue weighted by atomic mass is 9.39. The Morgan fingerprint density at radius 2 is 1.43 bits per heavy atom. The molecular formula is C22H20F6N2O5S2. The van der Waals surface area contributed by atoms with Gasteiger partial charge in [0.1, 0.15) is 0 Å². The average Bonchev–Trinajstić information content (AvgIpc) is 2.73. The van der Waals surface area contributed by atoms with Gasteiger partial charge in [-0.1, -0.05) is 6.92 Å². The quantitative estimate of drug-likeness (QED) is 0.476. The van der Waals surface area contributed by atoms with Crippen LogP contribution in [0.3, 0.4) is 0 Å². The second-order valence-corrected chi connectivity index (χ2v) is 13.2. The molecule has 2 aromatic carbocycles. The van der Waals surface area contributed by atoms with Crippen molar-refractivity contribution in [2.24, 2.45) is 5.41 Å². The molecule has 37 heavy (non-hydrogen) atoms.